The van der Waals surface area contributed by atoms with Crippen LogP contribution in [0.25, 0.3) is 11.4 Å². The van der Waals surface area contributed by atoms with Crippen LogP contribution in [0.4, 0.5) is 0 Å². The van der Waals surface area contributed by atoms with Crippen molar-refractivity contribution < 1.29 is 13.2 Å². The van der Waals surface area contributed by atoms with Crippen molar-refractivity contribution in [1.82, 2.24) is 24.5 Å². The lowest BCUT2D eigenvalue weighted by Crippen LogP contribution is -2.38. The summed E-state index contributed by atoms with van der Waals surface area (Å²) < 4.78 is 34.5. The molecule has 1 aromatic heterocycles. The maximum absolute atomic E-state index is 13.0. The fourth-order valence-corrected chi connectivity index (χ4v) is 5.33. The second kappa shape index (κ2) is 7.08. The molecule has 1 saturated heterocycles. The van der Waals surface area contributed by atoms with E-state index in [9.17, 15) is 8.42 Å². The summed E-state index contributed by atoms with van der Waals surface area (Å²) in [7, 11) is -2.15. The lowest BCUT2D eigenvalue weighted by Gasteiger charge is -2.26. The lowest BCUT2D eigenvalue weighted by atomic mass is 10.2. The molecule has 1 fully saturated rings. The summed E-state index contributed by atoms with van der Waals surface area (Å²) in [6, 6.07) is 5.01. The van der Waals surface area contributed by atoms with Crippen molar-refractivity contribution in [3.63, 3.8) is 0 Å². The second-order valence-corrected chi connectivity index (χ2v) is 8.33. The average molecular weight is 369 g/mol. The van der Waals surface area contributed by atoms with Gasteiger partial charge in [-0.25, -0.2) is 13.1 Å². The van der Waals surface area contributed by atoms with E-state index in [4.69, 9.17) is 4.74 Å². The fourth-order valence-electron chi connectivity index (χ4n) is 2.57. The van der Waals surface area contributed by atoms with E-state index >= 15 is 0 Å². The van der Waals surface area contributed by atoms with Gasteiger partial charge in [0.15, 0.2) is 5.82 Å². The van der Waals surface area contributed by atoms with E-state index in [2.05, 4.69) is 15.5 Å². The van der Waals surface area contributed by atoms with Crippen molar-refractivity contribution in [2.75, 3.05) is 31.7 Å². The molecule has 3 rings (SSSR count). The summed E-state index contributed by atoms with van der Waals surface area (Å²) in [5.74, 6) is 2.46. The fraction of sp³-hybridized carbons (Fsp3) is 0.500. The zero-order chi connectivity index (χ0) is 17.2. The molecular formula is C14H19N5O3S2. The first-order valence-corrected chi connectivity index (χ1v) is 10.2. The van der Waals surface area contributed by atoms with Crippen molar-refractivity contribution in [2.45, 2.75) is 18.4 Å². The van der Waals surface area contributed by atoms with Gasteiger partial charge in [-0.3, -0.25) is 0 Å². The van der Waals surface area contributed by atoms with E-state index in [1.807, 2.05) is 6.92 Å². The van der Waals surface area contributed by atoms with Gasteiger partial charge in [0.05, 0.1) is 7.11 Å². The Bertz CT molecular complexity index is 816. The molecule has 0 saturated carbocycles. The van der Waals surface area contributed by atoms with Gasteiger partial charge in [0.1, 0.15) is 10.6 Å². The van der Waals surface area contributed by atoms with E-state index in [0.29, 0.717) is 36.8 Å². The zero-order valence-electron chi connectivity index (χ0n) is 13.5. The van der Waals surface area contributed by atoms with Crippen LogP contribution < -0.4 is 4.74 Å². The monoisotopic (exact) mass is 369 g/mol. The molecule has 2 aromatic rings. The molecule has 2 heterocycles. The molecule has 1 aromatic carbocycles. The Balaban J connectivity index is 2.07. The SMILES string of the molecule is CCn1nnnc1-c1ccc(OC)c(S(=O)(=O)N2CCSCC2)c1. The summed E-state index contributed by atoms with van der Waals surface area (Å²) in [6.45, 7) is 3.53. The highest BCUT2D eigenvalue weighted by atomic mass is 32.2. The molecule has 24 heavy (non-hydrogen) atoms. The van der Waals surface area contributed by atoms with Crippen LogP contribution in [0.2, 0.25) is 0 Å². The predicted octanol–water partition coefficient (Wildman–Crippen LogP) is 1.11. The Kier molecular flexibility index (Phi) is 5.07. The first-order chi connectivity index (χ1) is 11.6. The minimum atomic E-state index is -3.62. The third kappa shape index (κ3) is 3.13. The van der Waals surface area contributed by atoms with Gasteiger partial charge in [0.2, 0.25) is 10.0 Å². The van der Waals surface area contributed by atoms with E-state index < -0.39 is 10.0 Å². The van der Waals surface area contributed by atoms with E-state index in [1.165, 1.54) is 11.4 Å². The Hall–Kier alpha value is -1.65. The van der Waals surface area contributed by atoms with Gasteiger partial charge in [-0.1, -0.05) is 0 Å². The van der Waals surface area contributed by atoms with Crippen molar-refractivity contribution in [3.8, 4) is 17.1 Å². The number of benzene rings is 1. The third-order valence-corrected chi connectivity index (χ3v) is 6.70. The first kappa shape index (κ1) is 17.2. The Morgan fingerprint density at radius 3 is 2.71 bits per heavy atom. The summed E-state index contributed by atoms with van der Waals surface area (Å²) >= 11 is 1.76. The van der Waals surface area contributed by atoms with Crippen LogP contribution in [0.3, 0.4) is 0 Å². The van der Waals surface area contributed by atoms with Crippen molar-refractivity contribution in [1.29, 1.82) is 0 Å². The average Bonchev–Trinajstić information content (AvgIpc) is 3.10. The summed E-state index contributed by atoms with van der Waals surface area (Å²) in [4.78, 5) is 0.153. The second-order valence-electron chi connectivity index (χ2n) is 5.20. The minimum absolute atomic E-state index is 0.153. The predicted molar refractivity (Wildman–Crippen MR) is 91.6 cm³/mol. The number of thioether (sulfide) groups is 1. The standard InChI is InChI=1S/C14H19N5O3S2/c1-3-19-14(15-16-17-19)11-4-5-12(22-2)13(10-11)24(20,21)18-6-8-23-9-7-18/h4-5,10H,3,6-9H2,1-2H3. The normalized spacial score (nSPS) is 16.2. The lowest BCUT2D eigenvalue weighted by molar-refractivity contribution is 0.395. The number of tetrazole rings is 1. The summed E-state index contributed by atoms with van der Waals surface area (Å²) in [6.07, 6.45) is 0. The quantitative estimate of drug-likeness (QED) is 0.780. The topological polar surface area (TPSA) is 90.2 Å². The maximum Gasteiger partial charge on any atom is 0.246 e. The largest absolute Gasteiger partial charge is 0.495 e. The number of methoxy groups -OCH3 is 1. The molecule has 0 atom stereocenters. The van der Waals surface area contributed by atoms with E-state index in [-0.39, 0.29) is 4.90 Å². The molecule has 0 unspecified atom stereocenters. The van der Waals surface area contributed by atoms with E-state index in [1.54, 1.807) is 34.6 Å². The number of rotatable bonds is 5. The Morgan fingerprint density at radius 2 is 2.04 bits per heavy atom. The first-order valence-electron chi connectivity index (χ1n) is 7.60. The van der Waals surface area contributed by atoms with Crippen LogP contribution in [-0.4, -0.2) is 64.6 Å². The molecule has 8 nitrogen and oxygen atoms in total. The molecule has 130 valence electrons. The van der Waals surface area contributed by atoms with Crippen molar-refractivity contribution in [3.05, 3.63) is 18.2 Å². The van der Waals surface area contributed by atoms with Crippen LogP contribution in [0.15, 0.2) is 23.1 Å². The maximum atomic E-state index is 13.0. The molecular weight excluding hydrogens is 350 g/mol. The smallest absolute Gasteiger partial charge is 0.246 e. The number of aryl methyl sites for hydroxylation is 1. The van der Waals surface area contributed by atoms with Gasteiger partial charge in [0, 0.05) is 36.7 Å². The molecule has 0 spiro atoms. The molecule has 1 aliphatic heterocycles. The zero-order valence-corrected chi connectivity index (χ0v) is 15.2. The highest BCUT2D eigenvalue weighted by Gasteiger charge is 2.29. The summed E-state index contributed by atoms with van der Waals surface area (Å²) in [5, 5.41) is 11.6. The molecule has 0 radical (unpaired) electrons. The van der Waals surface area contributed by atoms with Gasteiger partial charge in [0.25, 0.3) is 0 Å². The van der Waals surface area contributed by atoms with Gasteiger partial charge in [-0.05, 0) is 35.5 Å². The molecule has 0 aliphatic carbocycles. The van der Waals surface area contributed by atoms with Gasteiger partial charge >= 0.3 is 0 Å². The molecule has 0 bridgehead atoms. The van der Waals surface area contributed by atoms with Crippen molar-refractivity contribution >= 4 is 21.8 Å². The highest BCUT2D eigenvalue weighted by Crippen LogP contribution is 2.32. The Morgan fingerprint density at radius 1 is 1.29 bits per heavy atom. The van der Waals surface area contributed by atoms with Gasteiger partial charge in [-0.2, -0.15) is 16.1 Å². The minimum Gasteiger partial charge on any atom is -0.495 e. The van der Waals surface area contributed by atoms with Crippen LogP contribution in [0.1, 0.15) is 6.92 Å². The number of nitrogens with zero attached hydrogens (tertiary/aromatic N) is 5. The third-order valence-electron chi connectivity index (χ3n) is 3.84. The van der Waals surface area contributed by atoms with Crippen LogP contribution >= 0.6 is 11.8 Å². The number of ether oxygens (including phenoxy) is 1. The molecule has 1 aliphatic rings. The molecule has 10 heteroatoms. The van der Waals surface area contributed by atoms with Crippen LogP contribution in [0, 0.1) is 0 Å². The van der Waals surface area contributed by atoms with Crippen LogP contribution in [0.5, 0.6) is 5.75 Å². The number of sulfonamides is 1. The highest BCUT2D eigenvalue weighted by molar-refractivity contribution is 7.99. The Labute approximate surface area is 145 Å². The number of hydrogen-bond donors (Lipinski definition) is 0. The van der Waals surface area contributed by atoms with E-state index in [0.717, 1.165) is 11.5 Å². The van der Waals surface area contributed by atoms with Gasteiger partial charge < -0.3 is 4.74 Å². The number of hydrogen-bond acceptors (Lipinski definition) is 7. The van der Waals surface area contributed by atoms with Gasteiger partial charge in [-0.15, -0.1) is 5.10 Å². The number of aromatic nitrogens is 4. The molecule has 0 amide bonds. The summed E-state index contributed by atoms with van der Waals surface area (Å²) in [5.41, 5.74) is 0.646. The van der Waals surface area contributed by atoms with Crippen LogP contribution in [-0.2, 0) is 16.6 Å². The van der Waals surface area contributed by atoms with Crippen molar-refractivity contribution in [2.24, 2.45) is 0 Å². The molecule has 0 N–H and O–H groups in total.